The molecule has 0 spiro atoms. The topological polar surface area (TPSA) is 76.4 Å². The Bertz CT molecular complexity index is 691. The maximum atomic E-state index is 12.1. The van der Waals surface area contributed by atoms with Crippen LogP contribution in [0.1, 0.15) is 10.4 Å². The number of carboxylic acids is 1. The van der Waals surface area contributed by atoms with Gasteiger partial charge in [-0.3, -0.25) is 9.00 Å². The number of aromatic nitrogens is 1. The highest BCUT2D eigenvalue weighted by molar-refractivity contribution is 7.85. The average Bonchev–Trinajstić information content (AvgIpc) is 2.46. The van der Waals surface area contributed by atoms with Crippen molar-refractivity contribution in [2.24, 2.45) is 0 Å². The van der Waals surface area contributed by atoms with Gasteiger partial charge in [-0.2, -0.15) is 0 Å². The fraction of sp³-hybridized carbons (Fsp3) is 0.143. The molecular weight excluding hydrogens is 278 g/mol. The highest BCUT2D eigenvalue weighted by atomic mass is 32.2. The van der Waals surface area contributed by atoms with Crippen LogP contribution in [0.4, 0.5) is 0 Å². The summed E-state index contributed by atoms with van der Waals surface area (Å²) in [5.41, 5.74) is 0.0238. The fourth-order valence-electron chi connectivity index (χ4n) is 1.69. The third-order valence-corrected chi connectivity index (χ3v) is 4.13. The smallest absolute Gasteiger partial charge is 0.335 e. The molecule has 2 rings (SSSR count). The van der Waals surface area contributed by atoms with Gasteiger partial charge in [0.1, 0.15) is 0 Å². The van der Waals surface area contributed by atoms with Crippen molar-refractivity contribution in [1.82, 2.24) is 4.57 Å². The van der Waals surface area contributed by atoms with E-state index in [0.717, 1.165) is 0 Å². The average molecular weight is 291 g/mol. The standard InChI is InChI=1S/C14H13NO4S/c16-13-3-1-2-8-15(13)9-10-20(19)12-6-4-11(5-7-12)14(17)18/h1-8H,9-10H2,(H,17,18). The summed E-state index contributed by atoms with van der Waals surface area (Å²) in [6.07, 6.45) is 1.65. The Morgan fingerprint density at radius 2 is 1.85 bits per heavy atom. The van der Waals surface area contributed by atoms with Gasteiger partial charge in [0.25, 0.3) is 5.56 Å². The lowest BCUT2D eigenvalue weighted by atomic mass is 10.2. The number of carboxylic acid groups (broad SMARTS) is 1. The second-order valence-electron chi connectivity index (χ2n) is 4.11. The van der Waals surface area contributed by atoms with Gasteiger partial charge in [-0.15, -0.1) is 0 Å². The van der Waals surface area contributed by atoms with Crippen LogP contribution in [0.25, 0.3) is 0 Å². The number of hydrogen-bond acceptors (Lipinski definition) is 3. The van der Waals surface area contributed by atoms with Gasteiger partial charge in [0.05, 0.1) is 16.4 Å². The summed E-state index contributed by atoms with van der Waals surface area (Å²) in [6, 6.07) is 10.8. The Morgan fingerprint density at radius 1 is 1.15 bits per heavy atom. The van der Waals surface area contributed by atoms with Gasteiger partial charge in [0, 0.05) is 29.5 Å². The zero-order valence-electron chi connectivity index (χ0n) is 10.6. The molecule has 0 aliphatic heterocycles. The minimum atomic E-state index is -1.27. The number of nitrogens with zero attached hydrogens (tertiary/aromatic N) is 1. The normalized spacial score (nSPS) is 12.0. The predicted octanol–water partition coefficient (Wildman–Crippen LogP) is 1.35. The lowest BCUT2D eigenvalue weighted by molar-refractivity contribution is 0.0697. The van der Waals surface area contributed by atoms with E-state index in [4.69, 9.17) is 5.11 Å². The molecule has 6 heteroatoms. The molecule has 0 aliphatic rings. The Kier molecular flexibility index (Phi) is 4.47. The quantitative estimate of drug-likeness (QED) is 0.902. The van der Waals surface area contributed by atoms with Crippen molar-refractivity contribution in [1.29, 1.82) is 0 Å². The van der Waals surface area contributed by atoms with Crippen molar-refractivity contribution in [2.45, 2.75) is 11.4 Å². The van der Waals surface area contributed by atoms with Gasteiger partial charge in [0.15, 0.2) is 0 Å². The number of carbonyl (C=O) groups is 1. The van der Waals surface area contributed by atoms with E-state index in [1.807, 2.05) is 0 Å². The molecule has 0 amide bonds. The summed E-state index contributed by atoms with van der Waals surface area (Å²) in [7, 11) is -1.27. The molecule has 1 unspecified atom stereocenters. The molecule has 2 aromatic rings. The molecule has 0 bridgehead atoms. The monoisotopic (exact) mass is 291 g/mol. The van der Waals surface area contributed by atoms with Gasteiger partial charge >= 0.3 is 5.97 Å². The maximum absolute atomic E-state index is 12.1. The van der Waals surface area contributed by atoms with Crippen molar-refractivity contribution < 1.29 is 14.1 Å². The van der Waals surface area contributed by atoms with Gasteiger partial charge in [0.2, 0.25) is 0 Å². The SMILES string of the molecule is O=C(O)c1ccc(S(=O)CCn2ccccc2=O)cc1. The molecule has 5 nitrogen and oxygen atoms in total. The summed E-state index contributed by atoms with van der Waals surface area (Å²) in [5, 5.41) is 8.78. The van der Waals surface area contributed by atoms with Gasteiger partial charge in [-0.1, -0.05) is 6.07 Å². The van der Waals surface area contributed by atoms with Crippen LogP contribution in [0, 0.1) is 0 Å². The van der Waals surface area contributed by atoms with Crippen LogP contribution < -0.4 is 5.56 Å². The molecule has 1 aromatic carbocycles. The van der Waals surface area contributed by atoms with Crippen LogP contribution in [-0.2, 0) is 17.3 Å². The fourth-order valence-corrected chi connectivity index (χ4v) is 2.73. The number of pyridine rings is 1. The summed E-state index contributed by atoms with van der Waals surface area (Å²) < 4.78 is 13.5. The molecule has 104 valence electrons. The van der Waals surface area contributed by atoms with Crippen molar-refractivity contribution in [3.8, 4) is 0 Å². The van der Waals surface area contributed by atoms with E-state index >= 15 is 0 Å². The molecule has 0 radical (unpaired) electrons. The van der Waals surface area contributed by atoms with E-state index in [-0.39, 0.29) is 11.1 Å². The van der Waals surface area contributed by atoms with E-state index in [1.54, 1.807) is 18.3 Å². The Labute approximate surface area is 118 Å². The molecule has 0 fully saturated rings. The number of rotatable bonds is 5. The Morgan fingerprint density at radius 3 is 2.45 bits per heavy atom. The van der Waals surface area contributed by atoms with Gasteiger partial charge in [-0.25, -0.2) is 4.79 Å². The van der Waals surface area contributed by atoms with Crippen LogP contribution in [0.3, 0.4) is 0 Å². The second kappa shape index (κ2) is 6.29. The molecule has 1 aromatic heterocycles. The van der Waals surface area contributed by atoms with Crippen LogP contribution in [0.2, 0.25) is 0 Å². The number of hydrogen-bond donors (Lipinski definition) is 1. The summed E-state index contributed by atoms with van der Waals surface area (Å²) >= 11 is 0. The molecule has 0 saturated heterocycles. The minimum absolute atomic E-state index is 0.134. The number of aromatic carboxylic acids is 1. The zero-order valence-corrected chi connectivity index (χ0v) is 11.4. The molecule has 1 N–H and O–H groups in total. The van der Waals surface area contributed by atoms with Crippen LogP contribution in [0.15, 0.2) is 58.4 Å². The lowest BCUT2D eigenvalue weighted by Crippen LogP contribution is -2.20. The third-order valence-electron chi connectivity index (χ3n) is 2.78. The summed E-state index contributed by atoms with van der Waals surface area (Å²) in [5.74, 6) is -0.714. The van der Waals surface area contributed by atoms with Crippen LogP contribution in [-0.4, -0.2) is 25.6 Å². The molecule has 20 heavy (non-hydrogen) atoms. The highest BCUT2D eigenvalue weighted by Gasteiger charge is 2.07. The van der Waals surface area contributed by atoms with Crippen molar-refractivity contribution in [3.05, 3.63) is 64.6 Å². The van der Waals surface area contributed by atoms with Crippen molar-refractivity contribution in [2.75, 3.05) is 5.75 Å². The first-order valence-electron chi connectivity index (χ1n) is 5.95. The largest absolute Gasteiger partial charge is 0.478 e. The predicted molar refractivity (Wildman–Crippen MR) is 75.4 cm³/mol. The molecule has 0 saturated carbocycles. The van der Waals surface area contributed by atoms with E-state index < -0.39 is 16.8 Å². The van der Waals surface area contributed by atoms with E-state index in [0.29, 0.717) is 17.2 Å². The third kappa shape index (κ3) is 3.42. The van der Waals surface area contributed by atoms with E-state index in [1.165, 1.54) is 34.9 Å². The van der Waals surface area contributed by atoms with Crippen LogP contribution in [0.5, 0.6) is 0 Å². The molecule has 0 aliphatic carbocycles. The Hall–Kier alpha value is -2.21. The zero-order chi connectivity index (χ0) is 14.5. The van der Waals surface area contributed by atoms with Gasteiger partial charge in [-0.05, 0) is 30.3 Å². The van der Waals surface area contributed by atoms with E-state index in [9.17, 15) is 13.8 Å². The van der Waals surface area contributed by atoms with Crippen LogP contribution >= 0.6 is 0 Å². The van der Waals surface area contributed by atoms with Gasteiger partial charge < -0.3 is 9.67 Å². The molecule has 1 atom stereocenters. The molecular formula is C14H13NO4S. The maximum Gasteiger partial charge on any atom is 0.335 e. The first-order chi connectivity index (χ1) is 9.58. The number of aryl methyl sites for hydroxylation is 1. The van der Waals surface area contributed by atoms with Crippen molar-refractivity contribution >= 4 is 16.8 Å². The number of benzene rings is 1. The summed E-state index contributed by atoms with van der Waals surface area (Å²) in [4.78, 5) is 22.8. The van der Waals surface area contributed by atoms with Crippen molar-refractivity contribution in [3.63, 3.8) is 0 Å². The van der Waals surface area contributed by atoms with E-state index in [2.05, 4.69) is 0 Å². The lowest BCUT2D eigenvalue weighted by Gasteiger charge is -2.05. The molecule has 1 heterocycles. The second-order valence-corrected chi connectivity index (χ2v) is 5.68. The first-order valence-corrected chi connectivity index (χ1v) is 7.27. The Balaban J connectivity index is 2.04. The minimum Gasteiger partial charge on any atom is -0.478 e. The summed E-state index contributed by atoms with van der Waals surface area (Å²) in [6.45, 7) is 0.354. The highest BCUT2D eigenvalue weighted by Crippen LogP contribution is 2.09. The first kappa shape index (κ1) is 14.2.